The summed E-state index contributed by atoms with van der Waals surface area (Å²) in [6, 6.07) is 6.55. The van der Waals surface area contributed by atoms with Gasteiger partial charge in [-0.1, -0.05) is 12.1 Å². The number of benzene rings is 1. The molecule has 20 heavy (non-hydrogen) atoms. The molecule has 1 atom stereocenters. The Morgan fingerprint density at radius 1 is 1.35 bits per heavy atom. The van der Waals surface area contributed by atoms with E-state index in [2.05, 4.69) is 15.5 Å². The minimum absolute atomic E-state index is 0.0840. The number of aromatic hydroxyl groups is 1. The van der Waals surface area contributed by atoms with Crippen molar-refractivity contribution in [2.24, 2.45) is 0 Å². The van der Waals surface area contributed by atoms with E-state index in [-0.39, 0.29) is 11.7 Å². The van der Waals surface area contributed by atoms with Crippen molar-refractivity contribution >= 4 is 5.91 Å². The van der Waals surface area contributed by atoms with Gasteiger partial charge in [-0.2, -0.15) is 0 Å². The molecule has 4 N–H and O–H groups in total. The summed E-state index contributed by atoms with van der Waals surface area (Å²) >= 11 is 0. The molecule has 0 bridgehead atoms. The van der Waals surface area contributed by atoms with Gasteiger partial charge in [0.2, 0.25) is 5.91 Å². The average Bonchev–Trinajstić information content (AvgIpc) is 2.84. The van der Waals surface area contributed by atoms with Crippen LogP contribution in [0.25, 0.3) is 0 Å². The monoisotopic (exact) mass is 279 g/mol. The molecule has 1 heterocycles. The molecule has 2 rings (SSSR count). The van der Waals surface area contributed by atoms with E-state index in [9.17, 15) is 15.0 Å². The van der Waals surface area contributed by atoms with Crippen LogP contribution in [0.1, 0.15) is 18.1 Å². The van der Waals surface area contributed by atoms with E-state index >= 15 is 0 Å². The predicted octanol–water partition coefficient (Wildman–Crippen LogP) is -0.205. The van der Waals surface area contributed by atoms with Crippen molar-refractivity contribution in [3.8, 4) is 5.75 Å². The van der Waals surface area contributed by atoms with E-state index in [1.807, 2.05) is 0 Å². The number of hydrogen-bond acceptors (Lipinski definition) is 5. The molecule has 6 heteroatoms. The van der Waals surface area contributed by atoms with Crippen LogP contribution in [0, 0.1) is 0 Å². The highest BCUT2D eigenvalue weighted by Crippen LogP contribution is 2.15. The van der Waals surface area contributed by atoms with Gasteiger partial charge in [-0.05, 0) is 30.7 Å². The molecule has 0 aromatic heterocycles. The number of phenolic OH excluding ortho intramolecular Hbond substituents is 1. The molecule has 1 aromatic carbocycles. The summed E-state index contributed by atoms with van der Waals surface area (Å²) in [5, 5.41) is 25.1. The zero-order chi connectivity index (χ0) is 14.4. The van der Waals surface area contributed by atoms with Crippen LogP contribution in [0.2, 0.25) is 0 Å². The number of carbonyl (C=O) groups is 1. The lowest BCUT2D eigenvalue weighted by atomic mass is 10.1. The lowest BCUT2D eigenvalue weighted by Crippen LogP contribution is -2.28. The minimum Gasteiger partial charge on any atom is -0.508 e. The summed E-state index contributed by atoms with van der Waals surface area (Å²) in [7, 11) is 0. The molecule has 0 spiro atoms. The average molecular weight is 279 g/mol. The van der Waals surface area contributed by atoms with Crippen LogP contribution in [0.5, 0.6) is 5.75 Å². The summed E-state index contributed by atoms with van der Waals surface area (Å²) in [6.45, 7) is 3.24. The number of phenols is 1. The van der Waals surface area contributed by atoms with Crippen LogP contribution in [0.15, 0.2) is 24.3 Å². The Balaban J connectivity index is 1.58. The highest BCUT2D eigenvalue weighted by molar-refractivity contribution is 5.79. The van der Waals surface area contributed by atoms with Gasteiger partial charge in [0.05, 0.1) is 19.3 Å². The molecular formula is C14H21N3O3. The molecule has 0 radical (unpaired) electrons. The summed E-state index contributed by atoms with van der Waals surface area (Å²) in [5.41, 5.74) is 0.782. The van der Waals surface area contributed by atoms with E-state index in [1.54, 1.807) is 24.3 Å². The number of carbonyl (C=O) groups excluding carboxylic acids is 1. The van der Waals surface area contributed by atoms with Crippen molar-refractivity contribution in [1.82, 2.24) is 15.5 Å². The number of amides is 1. The van der Waals surface area contributed by atoms with E-state index in [4.69, 9.17) is 0 Å². The lowest BCUT2D eigenvalue weighted by Gasteiger charge is -2.14. The normalized spacial score (nSPS) is 17.1. The number of rotatable bonds is 7. The molecule has 1 aliphatic rings. The quantitative estimate of drug-likeness (QED) is 0.519. The summed E-state index contributed by atoms with van der Waals surface area (Å²) in [5.74, 6) is 0.281. The van der Waals surface area contributed by atoms with E-state index in [1.165, 1.54) is 0 Å². The van der Waals surface area contributed by atoms with Gasteiger partial charge in [0.15, 0.2) is 0 Å². The van der Waals surface area contributed by atoms with Crippen LogP contribution in [-0.2, 0) is 4.79 Å². The van der Waals surface area contributed by atoms with Gasteiger partial charge in [0.1, 0.15) is 5.75 Å². The smallest absolute Gasteiger partial charge is 0.235 e. The van der Waals surface area contributed by atoms with Crippen molar-refractivity contribution in [1.29, 1.82) is 0 Å². The summed E-state index contributed by atoms with van der Waals surface area (Å²) in [6.07, 6.45) is 0.350. The third kappa shape index (κ3) is 4.48. The number of nitrogens with zero attached hydrogens (tertiary/aromatic N) is 1. The van der Waals surface area contributed by atoms with E-state index in [0.29, 0.717) is 19.8 Å². The maximum Gasteiger partial charge on any atom is 0.235 e. The molecule has 1 unspecified atom stereocenters. The number of nitrogens with one attached hydrogen (secondary N) is 2. The zero-order valence-corrected chi connectivity index (χ0v) is 11.4. The highest BCUT2D eigenvalue weighted by atomic mass is 16.3. The third-order valence-corrected chi connectivity index (χ3v) is 3.31. The zero-order valence-electron chi connectivity index (χ0n) is 11.4. The van der Waals surface area contributed by atoms with E-state index < -0.39 is 6.10 Å². The first-order chi connectivity index (χ1) is 9.65. The Morgan fingerprint density at radius 3 is 2.75 bits per heavy atom. The van der Waals surface area contributed by atoms with Crippen molar-refractivity contribution in [2.75, 3.05) is 32.8 Å². The van der Waals surface area contributed by atoms with Crippen LogP contribution in [0.3, 0.4) is 0 Å². The standard InChI is InChI=1S/C14H21N3O3/c18-12-4-2-11(3-5-12)13(19)8-15-6-1-7-17-9-14(20)16-10-17/h2-5,13,15,18-19H,1,6-10H2,(H,16,20). The number of aliphatic hydroxyl groups excluding tert-OH is 1. The Kier molecular flexibility index (Phi) is 5.34. The fourth-order valence-corrected chi connectivity index (χ4v) is 2.15. The number of aliphatic hydroxyl groups is 1. The molecule has 0 aliphatic carbocycles. The Morgan fingerprint density at radius 2 is 2.10 bits per heavy atom. The molecule has 1 aromatic rings. The minimum atomic E-state index is -0.578. The van der Waals surface area contributed by atoms with Gasteiger partial charge in [0, 0.05) is 13.1 Å². The fraction of sp³-hybridized carbons (Fsp3) is 0.500. The van der Waals surface area contributed by atoms with Gasteiger partial charge >= 0.3 is 0 Å². The molecule has 6 nitrogen and oxygen atoms in total. The van der Waals surface area contributed by atoms with Gasteiger partial charge in [-0.3, -0.25) is 9.69 Å². The molecule has 1 aliphatic heterocycles. The molecule has 0 saturated carbocycles. The lowest BCUT2D eigenvalue weighted by molar-refractivity contribution is -0.118. The van der Waals surface area contributed by atoms with E-state index in [0.717, 1.165) is 25.1 Å². The SMILES string of the molecule is O=C1CN(CCCNCC(O)c2ccc(O)cc2)CN1. The molecule has 1 fully saturated rings. The third-order valence-electron chi connectivity index (χ3n) is 3.31. The van der Waals surface area contributed by atoms with Crippen LogP contribution >= 0.6 is 0 Å². The maximum atomic E-state index is 11.0. The van der Waals surface area contributed by atoms with Gasteiger partial charge in [-0.25, -0.2) is 0 Å². The molecular weight excluding hydrogens is 258 g/mol. The molecule has 1 amide bonds. The second-order valence-electron chi connectivity index (χ2n) is 4.98. The Hall–Kier alpha value is -1.63. The molecule has 1 saturated heterocycles. The van der Waals surface area contributed by atoms with Crippen molar-refractivity contribution in [3.63, 3.8) is 0 Å². The first-order valence-corrected chi connectivity index (χ1v) is 6.82. The van der Waals surface area contributed by atoms with Crippen LogP contribution in [-0.4, -0.2) is 53.9 Å². The largest absolute Gasteiger partial charge is 0.508 e. The van der Waals surface area contributed by atoms with Crippen molar-refractivity contribution < 1.29 is 15.0 Å². The maximum absolute atomic E-state index is 11.0. The number of hydrogen-bond donors (Lipinski definition) is 4. The van der Waals surface area contributed by atoms with Gasteiger partial charge in [0.25, 0.3) is 0 Å². The topological polar surface area (TPSA) is 84.8 Å². The second kappa shape index (κ2) is 7.23. The fourth-order valence-electron chi connectivity index (χ4n) is 2.15. The highest BCUT2D eigenvalue weighted by Gasteiger charge is 2.17. The van der Waals surface area contributed by atoms with Crippen LogP contribution in [0.4, 0.5) is 0 Å². The first-order valence-electron chi connectivity index (χ1n) is 6.82. The Labute approximate surface area is 118 Å². The first kappa shape index (κ1) is 14.8. The van der Waals surface area contributed by atoms with Crippen LogP contribution < -0.4 is 10.6 Å². The Bertz CT molecular complexity index is 436. The van der Waals surface area contributed by atoms with Crippen molar-refractivity contribution in [3.05, 3.63) is 29.8 Å². The van der Waals surface area contributed by atoms with Gasteiger partial charge < -0.3 is 20.8 Å². The molecule has 110 valence electrons. The summed E-state index contributed by atoms with van der Waals surface area (Å²) < 4.78 is 0. The summed E-state index contributed by atoms with van der Waals surface area (Å²) in [4.78, 5) is 13.0. The predicted molar refractivity (Wildman–Crippen MR) is 75.1 cm³/mol. The van der Waals surface area contributed by atoms with Gasteiger partial charge in [-0.15, -0.1) is 0 Å². The van der Waals surface area contributed by atoms with Crippen molar-refractivity contribution in [2.45, 2.75) is 12.5 Å². The second-order valence-corrected chi connectivity index (χ2v) is 4.98.